The van der Waals surface area contributed by atoms with Crippen molar-refractivity contribution in [1.82, 2.24) is 10.2 Å². The standard InChI is InChI=1S/C12H22N2O5/c1-4-10(15)8-5-9(13-11(16)18-2)7-14(6-8)12(17)19-3/h8-10,15H,4-7H2,1-3H3,(H,13,16). The van der Waals surface area contributed by atoms with Crippen LogP contribution in [0.15, 0.2) is 0 Å². The van der Waals surface area contributed by atoms with E-state index in [1.54, 1.807) is 0 Å². The number of hydrogen-bond acceptors (Lipinski definition) is 5. The molecule has 1 aliphatic rings. The van der Waals surface area contributed by atoms with Gasteiger partial charge in [-0.2, -0.15) is 0 Å². The highest BCUT2D eigenvalue weighted by Crippen LogP contribution is 2.22. The molecule has 3 unspecified atom stereocenters. The molecule has 0 bridgehead atoms. The maximum atomic E-state index is 11.6. The predicted molar refractivity (Wildman–Crippen MR) is 67.7 cm³/mol. The minimum absolute atomic E-state index is 0.0833. The van der Waals surface area contributed by atoms with Crippen LogP contribution >= 0.6 is 0 Å². The minimum Gasteiger partial charge on any atom is -0.453 e. The minimum atomic E-state index is -0.540. The number of alkyl carbamates (subject to hydrolysis) is 1. The van der Waals surface area contributed by atoms with Crippen LogP contribution in [0.25, 0.3) is 0 Å². The zero-order valence-corrected chi connectivity index (χ0v) is 11.6. The normalized spacial score (nSPS) is 24.5. The summed E-state index contributed by atoms with van der Waals surface area (Å²) in [6.45, 7) is 2.67. The smallest absolute Gasteiger partial charge is 0.409 e. The Labute approximate surface area is 112 Å². The van der Waals surface area contributed by atoms with Gasteiger partial charge in [-0.25, -0.2) is 9.59 Å². The number of rotatable bonds is 3. The van der Waals surface area contributed by atoms with E-state index in [1.807, 2.05) is 6.92 Å². The summed E-state index contributed by atoms with van der Waals surface area (Å²) in [6, 6.07) is -0.244. The van der Waals surface area contributed by atoms with Crippen LogP contribution in [0.5, 0.6) is 0 Å². The van der Waals surface area contributed by atoms with Crippen LogP contribution in [-0.4, -0.2) is 61.6 Å². The van der Waals surface area contributed by atoms with Crippen LogP contribution in [0.3, 0.4) is 0 Å². The Balaban J connectivity index is 2.71. The van der Waals surface area contributed by atoms with Crippen LogP contribution in [0.4, 0.5) is 9.59 Å². The summed E-state index contributed by atoms with van der Waals surface area (Å²) in [7, 11) is 2.60. The van der Waals surface area contributed by atoms with Gasteiger partial charge in [-0.1, -0.05) is 6.92 Å². The highest BCUT2D eigenvalue weighted by Gasteiger charge is 2.34. The number of aliphatic hydroxyl groups is 1. The number of amides is 2. The van der Waals surface area contributed by atoms with Crippen molar-refractivity contribution in [3.05, 3.63) is 0 Å². The Morgan fingerprint density at radius 2 is 2.05 bits per heavy atom. The molecule has 1 saturated heterocycles. The first kappa shape index (κ1) is 15.6. The monoisotopic (exact) mass is 274 g/mol. The molecule has 1 heterocycles. The summed E-state index contributed by atoms with van der Waals surface area (Å²) >= 11 is 0. The lowest BCUT2D eigenvalue weighted by Gasteiger charge is -2.38. The van der Waals surface area contributed by atoms with Gasteiger partial charge in [-0.15, -0.1) is 0 Å². The topological polar surface area (TPSA) is 88.1 Å². The Hall–Kier alpha value is -1.50. The second-order valence-corrected chi connectivity index (χ2v) is 4.68. The molecule has 7 nitrogen and oxygen atoms in total. The average molecular weight is 274 g/mol. The predicted octanol–water partition coefficient (Wildman–Crippen LogP) is 0.570. The third-order valence-electron chi connectivity index (χ3n) is 3.39. The fourth-order valence-corrected chi connectivity index (χ4v) is 2.36. The maximum Gasteiger partial charge on any atom is 0.409 e. The number of nitrogens with one attached hydrogen (secondary N) is 1. The Bertz CT molecular complexity index is 323. The number of hydrogen-bond donors (Lipinski definition) is 2. The van der Waals surface area contributed by atoms with Gasteiger partial charge in [0.2, 0.25) is 0 Å². The molecular weight excluding hydrogens is 252 g/mol. The molecule has 0 aromatic rings. The summed E-state index contributed by atoms with van der Waals surface area (Å²) in [5, 5.41) is 12.6. The summed E-state index contributed by atoms with van der Waals surface area (Å²) in [5.41, 5.74) is 0. The largest absolute Gasteiger partial charge is 0.453 e. The zero-order valence-electron chi connectivity index (χ0n) is 11.6. The van der Waals surface area contributed by atoms with Crippen molar-refractivity contribution in [2.24, 2.45) is 5.92 Å². The lowest BCUT2D eigenvalue weighted by Crippen LogP contribution is -2.54. The molecule has 1 rings (SSSR count). The summed E-state index contributed by atoms with van der Waals surface area (Å²) in [4.78, 5) is 24.3. The summed E-state index contributed by atoms with van der Waals surface area (Å²) in [5.74, 6) is -0.0833. The zero-order chi connectivity index (χ0) is 14.4. The van der Waals surface area contributed by atoms with Gasteiger partial charge in [0.1, 0.15) is 0 Å². The first-order chi connectivity index (χ1) is 9.01. The van der Waals surface area contributed by atoms with E-state index in [4.69, 9.17) is 4.74 Å². The van der Waals surface area contributed by atoms with Crippen LogP contribution < -0.4 is 5.32 Å². The molecule has 0 saturated carbocycles. The van der Waals surface area contributed by atoms with Gasteiger partial charge in [0.15, 0.2) is 0 Å². The van der Waals surface area contributed by atoms with Gasteiger partial charge in [-0.3, -0.25) is 0 Å². The molecule has 1 aliphatic heterocycles. The van der Waals surface area contributed by atoms with Gasteiger partial charge in [-0.05, 0) is 12.8 Å². The number of ether oxygens (including phenoxy) is 2. The number of carbonyl (C=O) groups excluding carboxylic acids is 2. The van der Waals surface area contributed by atoms with E-state index >= 15 is 0 Å². The molecule has 1 fully saturated rings. The number of piperidine rings is 1. The fraction of sp³-hybridized carbons (Fsp3) is 0.833. The van der Waals surface area contributed by atoms with Crippen LogP contribution in [0.1, 0.15) is 19.8 Å². The summed E-state index contributed by atoms with van der Waals surface area (Å²) in [6.07, 6.45) is -0.289. The van der Waals surface area contributed by atoms with Crippen molar-refractivity contribution >= 4 is 12.2 Å². The van der Waals surface area contributed by atoms with Crippen molar-refractivity contribution < 1.29 is 24.2 Å². The lowest BCUT2D eigenvalue weighted by atomic mass is 9.88. The highest BCUT2D eigenvalue weighted by molar-refractivity contribution is 5.69. The molecule has 0 aromatic heterocycles. The second-order valence-electron chi connectivity index (χ2n) is 4.68. The van der Waals surface area contributed by atoms with E-state index in [-0.39, 0.29) is 12.0 Å². The fourth-order valence-electron chi connectivity index (χ4n) is 2.36. The van der Waals surface area contributed by atoms with Gasteiger partial charge >= 0.3 is 12.2 Å². The van der Waals surface area contributed by atoms with Crippen molar-refractivity contribution in [2.45, 2.75) is 31.9 Å². The van der Waals surface area contributed by atoms with Gasteiger partial charge < -0.3 is 24.8 Å². The molecule has 2 N–H and O–H groups in total. The average Bonchev–Trinajstić information content (AvgIpc) is 2.44. The third-order valence-corrected chi connectivity index (χ3v) is 3.39. The van der Waals surface area contributed by atoms with E-state index in [9.17, 15) is 14.7 Å². The molecule has 19 heavy (non-hydrogen) atoms. The van der Waals surface area contributed by atoms with Crippen molar-refractivity contribution in [1.29, 1.82) is 0 Å². The van der Waals surface area contributed by atoms with Crippen LogP contribution in [0, 0.1) is 5.92 Å². The molecule has 7 heteroatoms. The third kappa shape index (κ3) is 4.27. The van der Waals surface area contributed by atoms with E-state index in [1.165, 1.54) is 19.1 Å². The lowest BCUT2D eigenvalue weighted by molar-refractivity contribution is 0.0323. The molecule has 0 spiro atoms. The number of carbonyl (C=O) groups is 2. The van der Waals surface area contributed by atoms with Crippen LogP contribution in [-0.2, 0) is 9.47 Å². The number of methoxy groups -OCH3 is 2. The van der Waals surface area contributed by atoms with Gasteiger partial charge in [0.25, 0.3) is 0 Å². The van der Waals surface area contributed by atoms with E-state index in [0.717, 1.165) is 0 Å². The molecular formula is C12H22N2O5. The highest BCUT2D eigenvalue weighted by atomic mass is 16.5. The Morgan fingerprint density at radius 1 is 1.37 bits per heavy atom. The molecule has 0 aromatic carbocycles. The Kier molecular flexibility index (Phi) is 5.88. The van der Waals surface area contributed by atoms with E-state index in [2.05, 4.69) is 10.1 Å². The van der Waals surface area contributed by atoms with Crippen LogP contribution in [0.2, 0.25) is 0 Å². The molecule has 0 aliphatic carbocycles. The number of likely N-dealkylation sites (tertiary alicyclic amines) is 1. The Morgan fingerprint density at radius 3 is 2.58 bits per heavy atom. The first-order valence-corrected chi connectivity index (χ1v) is 6.37. The van der Waals surface area contributed by atoms with Crippen molar-refractivity contribution in [3.8, 4) is 0 Å². The molecule has 110 valence electrons. The second kappa shape index (κ2) is 7.18. The van der Waals surface area contributed by atoms with Gasteiger partial charge in [0.05, 0.1) is 26.4 Å². The van der Waals surface area contributed by atoms with Gasteiger partial charge in [0, 0.05) is 19.0 Å². The van der Waals surface area contributed by atoms with E-state index in [0.29, 0.717) is 25.9 Å². The molecule has 3 atom stereocenters. The van der Waals surface area contributed by atoms with E-state index < -0.39 is 18.3 Å². The van der Waals surface area contributed by atoms with Crippen molar-refractivity contribution in [3.63, 3.8) is 0 Å². The number of nitrogens with zero attached hydrogens (tertiary/aromatic N) is 1. The summed E-state index contributed by atoms with van der Waals surface area (Å²) < 4.78 is 9.24. The maximum absolute atomic E-state index is 11.6. The quantitative estimate of drug-likeness (QED) is 0.785. The molecule has 2 amide bonds. The SMILES string of the molecule is CCC(O)C1CC(NC(=O)OC)CN(C(=O)OC)C1. The first-order valence-electron chi connectivity index (χ1n) is 6.37. The molecule has 0 radical (unpaired) electrons. The van der Waals surface area contributed by atoms with Crippen molar-refractivity contribution in [2.75, 3.05) is 27.3 Å². The number of aliphatic hydroxyl groups excluding tert-OH is 1.